The maximum absolute atomic E-state index is 11.8. The van der Waals surface area contributed by atoms with Crippen LogP contribution in [0.15, 0.2) is 30.3 Å². The van der Waals surface area contributed by atoms with Gasteiger partial charge >= 0.3 is 0 Å². The van der Waals surface area contributed by atoms with E-state index in [1.165, 1.54) is 5.56 Å². The molecule has 2 unspecified atom stereocenters. The fourth-order valence-corrected chi connectivity index (χ4v) is 4.81. The molecule has 0 saturated carbocycles. The average Bonchev–Trinajstić information content (AvgIpc) is 2.85. The summed E-state index contributed by atoms with van der Waals surface area (Å²) >= 11 is 0. The van der Waals surface area contributed by atoms with Crippen LogP contribution < -0.4 is 5.32 Å². The monoisotopic (exact) mass is 323 g/mol. The van der Waals surface area contributed by atoms with Crippen LogP contribution in [0, 0.1) is 5.92 Å². The van der Waals surface area contributed by atoms with E-state index in [0.29, 0.717) is 31.7 Å². The molecular formula is C17H25NO3S. The van der Waals surface area contributed by atoms with Gasteiger partial charge in [0.05, 0.1) is 11.5 Å². The summed E-state index contributed by atoms with van der Waals surface area (Å²) in [6.07, 6.45) is 2.73. The standard InChI is InChI=1S/C17H25NO3S/c1-14(16-5-3-2-4-6-16)9-11-18-17(19)8-7-15-10-12-22(20,21)13-15/h2-6,14-15H,7-13H2,1H3,(H,18,19). The second-order valence-corrected chi connectivity index (χ2v) is 8.49. The molecule has 0 bridgehead atoms. The Kier molecular flexibility index (Phi) is 6.00. The first kappa shape index (κ1) is 17.0. The summed E-state index contributed by atoms with van der Waals surface area (Å²) in [6.45, 7) is 2.82. The Balaban J connectivity index is 1.62. The van der Waals surface area contributed by atoms with Gasteiger partial charge in [0.2, 0.25) is 5.91 Å². The molecule has 122 valence electrons. The summed E-state index contributed by atoms with van der Waals surface area (Å²) in [6, 6.07) is 10.3. The van der Waals surface area contributed by atoms with Gasteiger partial charge in [-0.2, -0.15) is 0 Å². The van der Waals surface area contributed by atoms with Gasteiger partial charge in [0.1, 0.15) is 0 Å². The molecule has 0 spiro atoms. The number of nitrogens with one attached hydrogen (secondary N) is 1. The number of amides is 1. The molecule has 1 aliphatic heterocycles. The molecule has 1 saturated heterocycles. The van der Waals surface area contributed by atoms with Crippen molar-refractivity contribution in [3.63, 3.8) is 0 Å². The Bertz CT molecular complexity index is 583. The predicted octanol–water partition coefficient (Wildman–Crippen LogP) is 2.51. The third-order valence-electron chi connectivity index (χ3n) is 4.37. The van der Waals surface area contributed by atoms with Gasteiger partial charge in [-0.1, -0.05) is 37.3 Å². The molecule has 1 N–H and O–H groups in total. The Morgan fingerprint density at radius 3 is 2.68 bits per heavy atom. The minimum Gasteiger partial charge on any atom is -0.356 e. The zero-order chi connectivity index (χ0) is 16.0. The van der Waals surface area contributed by atoms with Crippen molar-refractivity contribution in [3.05, 3.63) is 35.9 Å². The number of rotatable bonds is 7. The highest BCUT2D eigenvalue weighted by molar-refractivity contribution is 7.91. The zero-order valence-corrected chi connectivity index (χ0v) is 13.9. The molecule has 1 amide bonds. The van der Waals surface area contributed by atoms with Crippen molar-refractivity contribution in [1.82, 2.24) is 5.32 Å². The van der Waals surface area contributed by atoms with Gasteiger partial charge in [-0.15, -0.1) is 0 Å². The van der Waals surface area contributed by atoms with Crippen molar-refractivity contribution in [3.8, 4) is 0 Å². The normalized spacial score (nSPS) is 21.4. The van der Waals surface area contributed by atoms with Crippen LogP contribution in [0.25, 0.3) is 0 Å². The molecule has 2 atom stereocenters. The van der Waals surface area contributed by atoms with Crippen LogP contribution in [-0.4, -0.2) is 32.4 Å². The van der Waals surface area contributed by atoms with Gasteiger partial charge in [0.15, 0.2) is 9.84 Å². The molecule has 22 heavy (non-hydrogen) atoms. The van der Waals surface area contributed by atoms with Crippen molar-refractivity contribution >= 4 is 15.7 Å². The van der Waals surface area contributed by atoms with Crippen LogP contribution in [0.1, 0.15) is 44.1 Å². The quantitative estimate of drug-likeness (QED) is 0.838. The molecule has 1 aromatic carbocycles. The highest BCUT2D eigenvalue weighted by Crippen LogP contribution is 2.22. The van der Waals surface area contributed by atoms with Crippen LogP contribution >= 0.6 is 0 Å². The van der Waals surface area contributed by atoms with Gasteiger partial charge in [-0.05, 0) is 36.7 Å². The van der Waals surface area contributed by atoms with Gasteiger partial charge in [-0.25, -0.2) is 8.42 Å². The van der Waals surface area contributed by atoms with E-state index in [9.17, 15) is 13.2 Å². The van der Waals surface area contributed by atoms with E-state index in [1.807, 2.05) is 18.2 Å². The molecule has 4 nitrogen and oxygen atoms in total. The number of carbonyl (C=O) groups excluding carboxylic acids is 1. The fraction of sp³-hybridized carbons (Fsp3) is 0.588. The Morgan fingerprint density at radius 1 is 1.32 bits per heavy atom. The van der Waals surface area contributed by atoms with Crippen LogP contribution in [-0.2, 0) is 14.6 Å². The SMILES string of the molecule is CC(CCNC(=O)CCC1CCS(=O)(=O)C1)c1ccccc1. The summed E-state index contributed by atoms with van der Waals surface area (Å²) in [7, 11) is -2.83. The Morgan fingerprint density at radius 2 is 2.05 bits per heavy atom. The van der Waals surface area contributed by atoms with Gasteiger partial charge in [0, 0.05) is 13.0 Å². The van der Waals surface area contributed by atoms with Crippen molar-refractivity contribution in [2.24, 2.45) is 5.92 Å². The maximum atomic E-state index is 11.8. The van der Waals surface area contributed by atoms with E-state index in [2.05, 4.69) is 24.4 Å². The lowest BCUT2D eigenvalue weighted by atomic mass is 9.98. The summed E-state index contributed by atoms with van der Waals surface area (Å²) in [4.78, 5) is 11.8. The molecule has 1 fully saturated rings. The zero-order valence-electron chi connectivity index (χ0n) is 13.1. The van der Waals surface area contributed by atoms with Crippen LogP contribution in [0.5, 0.6) is 0 Å². The van der Waals surface area contributed by atoms with Crippen molar-refractivity contribution < 1.29 is 13.2 Å². The Labute approximate surface area is 133 Å². The molecule has 0 radical (unpaired) electrons. The summed E-state index contributed by atoms with van der Waals surface area (Å²) in [5, 5.41) is 2.94. The largest absolute Gasteiger partial charge is 0.356 e. The van der Waals surface area contributed by atoms with E-state index in [-0.39, 0.29) is 23.3 Å². The molecule has 0 aliphatic carbocycles. The molecule has 1 aliphatic rings. The van der Waals surface area contributed by atoms with Crippen molar-refractivity contribution in [2.75, 3.05) is 18.1 Å². The summed E-state index contributed by atoms with van der Waals surface area (Å²) < 4.78 is 22.7. The maximum Gasteiger partial charge on any atom is 0.220 e. The van der Waals surface area contributed by atoms with Crippen molar-refractivity contribution in [1.29, 1.82) is 0 Å². The smallest absolute Gasteiger partial charge is 0.220 e. The lowest BCUT2D eigenvalue weighted by Gasteiger charge is -2.13. The average molecular weight is 323 g/mol. The number of benzene rings is 1. The molecule has 2 rings (SSSR count). The Hall–Kier alpha value is -1.36. The minimum absolute atomic E-state index is 0.0320. The van der Waals surface area contributed by atoms with E-state index in [0.717, 1.165) is 6.42 Å². The molecule has 0 aromatic heterocycles. The van der Waals surface area contributed by atoms with Gasteiger partial charge < -0.3 is 5.32 Å². The molecule has 1 heterocycles. The number of hydrogen-bond acceptors (Lipinski definition) is 3. The van der Waals surface area contributed by atoms with E-state index < -0.39 is 9.84 Å². The first-order valence-corrected chi connectivity index (χ1v) is 9.80. The molecule has 5 heteroatoms. The molecular weight excluding hydrogens is 298 g/mol. The summed E-state index contributed by atoms with van der Waals surface area (Å²) in [5.41, 5.74) is 1.29. The third-order valence-corrected chi connectivity index (χ3v) is 6.21. The van der Waals surface area contributed by atoms with Gasteiger partial charge in [0.25, 0.3) is 0 Å². The number of hydrogen-bond donors (Lipinski definition) is 1. The highest BCUT2D eigenvalue weighted by atomic mass is 32.2. The first-order chi connectivity index (χ1) is 10.5. The minimum atomic E-state index is -2.83. The predicted molar refractivity (Wildman–Crippen MR) is 88.5 cm³/mol. The van der Waals surface area contributed by atoms with Crippen LogP contribution in [0.2, 0.25) is 0 Å². The molecule has 1 aromatic rings. The van der Waals surface area contributed by atoms with E-state index in [1.54, 1.807) is 0 Å². The highest BCUT2D eigenvalue weighted by Gasteiger charge is 2.27. The number of carbonyl (C=O) groups is 1. The second-order valence-electron chi connectivity index (χ2n) is 6.26. The lowest BCUT2D eigenvalue weighted by molar-refractivity contribution is -0.121. The summed E-state index contributed by atoms with van der Waals surface area (Å²) in [5.74, 6) is 1.16. The number of sulfone groups is 1. The third kappa shape index (κ3) is 5.44. The lowest BCUT2D eigenvalue weighted by Crippen LogP contribution is -2.25. The second kappa shape index (κ2) is 7.77. The van der Waals surface area contributed by atoms with Gasteiger partial charge in [-0.3, -0.25) is 4.79 Å². The van der Waals surface area contributed by atoms with E-state index >= 15 is 0 Å². The van der Waals surface area contributed by atoms with Crippen molar-refractivity contribution in [2.45, 2.75) is 38.5 Å². The van der Waals surface area contributed by atoms with Crippen LogP contribution in [0.3, 0.4) is 0 Å². The fourth-order valence-electron chi connectivity index (χ4n) is 2.90. The van der Waals surface area contributed by atoms with Crippen LogP contribution in [0.4, 0.5) is 0 Å². The first-order valence-electron chi connectivity index (χ1n) is 7.98. The topological polar surface area (TPSA) is 63.2 Å². The van der Waals surface area contributed by atoms with E-state index in [4.69, 9.17) is 0 Å².